The summed E-state index contributed by atoms with van der Waals surface area (Å²) in [6.07, 6.45) is 0.136. The van der Waals surface area contributed by atoms with Gasteiger partial charge in [0, 0.05) is 84.6 Å². The Morgan fingerprint density at radius 1 is 0.562 bits per heavy atom. The molecule has 5 fully saturated rings. The van der Waals surface area contributed by atoms with Crippen molar-refractivity contribution in [3.05, 3.63) is 0 Å². The molecule has 368 valence electrons. The molecule has 0 bridgehead atoms. The number of rotatable bonds is 13. The Morgan fingerprint density at radius 3 is 1.27 bits per heavy atom. The van der Waals surface area contributed by atoms with E-state index in [1.54, 1.807) is 0 Å². The van der Waals surface area contributed by atoms with Crippen molar-refractivity contribution in [3.8, 4) is 0 Å². The summed E-state index contributed by atoms with van der Waals surface area (Å²) in [4.78, 5) is 65.8. The van der Waals surface area contributed by atoms with E-state index in [-0.39, 0.29) is 72.3 Å². The van der Waals surface area contributed by atoms with Crippen molar-refractivity contribution in [2.75, 3.05) is 54.4 Å². The Labute approximate surface area is 384 Å². The van der Waals surface area contributed by atoms with Crippen molar-refractivity contribution in [1.82, 2.24) is 14.7 Å². The van der Waals surface area contributed by atoms with Crippen LogP contribution in [0.4, 0.5) is 0 Å². The van der Waals surface area contributed by atoms with Gasteiger partial charge in [-0.05, 0) is 131 Å². The highest BCUT2D eigenvalue weighted by Crippen LogP contribution is 2.45. The lowest BCUT2D eigenvalue weighted by Crippen LogP contribution is -2.62. The lowest BCUT2D eigenvalue weighted by molar-refractivity contribution is -0.342. The van der Waals surface area contributed by atoms with Gasteiger partial charge in [0.15, 0.2) is 6.29 Å². The topological polar surface area (TPSA) is 152 Å². The summed E-state index contributed by atoms with van der Waals surface area (Å²) in [5.41, 5.74) is -5.74. The fraction of sp³-hybridized carbons (Fsp3) is 0.918. The standard InChI is InChI=1S/C49H85N3O12/c1-41(2)23-33(24-42(3,4)50(41)15)61-38(54)49(39(55)62-34-25-43(5,6)51(16)44(7,8)26-34,40(56)63-35-27-45(9,10)52(17)46(11,12)28-35)21-18-19-36(53)59-22-20-37-60-31-48(47(13,14)64-37)29-57-32-58-30-48/h33-35,37H,18-32H2,1-17H3. The average molecular weight is 908 g/mol. The van der Waals surface area contributed by atoms with Crippen LogP contribution >= 0.6 is 0 Å². The zero-order valence-electron chi connectivity index (χ0n) is 42.7. The molecule has 0 saturated carbocycles. The fourth-order valence-electron chi connectivity index (χ4n) is 11.3. The summed E-state index contributed by atoms with van der Waals surface area (Å²) < 4.78 is 48.4. The molecule has 5 heterocycles. The number of nitrogens with zero attached hydrogens (tertiary/aromatic N) is 3. The van der Waals surface area contributed by atoms with Crippen molar-refractivity contribution in [3.63, 3.8) is 0 Å². The van der Waals surface area contributed by atoms with E-state index < -0.39 is 64.9 Å². The number of likely N-dealkylation sites (tertiary alicyclic amines) is 3. The van der Waals surface area contributed by atoms with Gasteiger partial charge in [-0.2, -0.15) is 0 Å². The molecule has 1 spiro atoms. The Morgan fingerprint density at radius 2 is 0.922 bits per heavy atom. The maximum absolute atomic E-state index is 15.2. The van der Waals surface area contributed by atoms with Crippen LogP contribution in [0.1, 0.15) is 161 Å². The van der Waals surface area contributed by atoms with E-state index in [0.29, 0.717) is 58.3 Å². The molecule has 15 nitrogen and oxygen atoms in total. The summed E-state index contributed by atoms with van der Waals surface area (Å²) in [7, 11) is 6.16. The van der Waals surface area contributed by atoms with Crippen molar-refractivity contribution < 1.29 is 57.1 Å². The first-order valence-electron chi connectivity index (χ1n) is 23.7. The first kappa shape index (κ1) is 52.6. The van der Waals surface area contributed by atoms with Crippen LogP contribution in [0.25, 0.3) is 0 Å². The summed E-state index contributed by atoms with van der Waals surface area (Å²) in [6, 6.07) is 0. The van der Waals surface area contributed by atoms with Crippen molar-refractivity contribution in [2.24, 2.45) is 10.8 Å². The second-order valence-corrected chi connectivity index (χ2v) is 24.1. The molecule has 0 amide bonds. The smallest absolute Gasteiger partial charge is 0.335 e. The minimum atomic E-state index is -2.51. The maximum Gasteiger partial charge on any atom is 0.335 e. The molecule has 5 aliphatic heterocycles. The van der Waals surface area contributed by atoms with Gasteiger partial charge in [0.05, 0.1) is 37.4 Å². The quantitative estimate of drug-likeness (QED) is 0.108. The zero-order chi connectivity index (χ0) is 48.1. The Balaban J connectivity index is 1.41. The van der Waals surface area contributed by atoms with Gasteiger partial charge in [-0.15, -0.1) is 0 Å². The molecule has 0 aromatic heterocycles. The van der Waals surface area contributed by atoms with E-state index in [2.05, 4.69) is 119 Å². The molecule has 1 atom stereocenters. The third-order valence-electron chi connectivity index (χ3n) is 16.4. The summed E-state index contributed by atoms with van der Waals surface area (Å²) in [6.45, 7) is 30.6. The minimum absolute atomic E-state index is 0.0158. The van der Waals surface area contributed by atoms with Crippen molar-refractivity contribution in [2.45, 2.75) is 225 Å². The van der Waals surface area contributed by atoms with E-state index in [1.165, 1.54) is 0 Å². The predicted octanol–water partition coefficient (Wildman–Crippen LogP) is 6.80. The highest BCUT2D eigenvalue weighted by Gasteiger charge is 2.61. The number of carbonyl (C=O) groups excluding carboxylic acids is 4. The normalized spacial score (nSPS) is 28.2. The van der Waals surface area contributed by atoms with Gasteiger partial charge in [-0.25, -0.2) is 0 Å². The van der Waals surface area contributed by atoms with Crippen LogP contribution in [0.15, 0.2) is 0 Å². The third kappa shape index (κ3) is 11.0. The second-order valence-electron chi connectivity index (χ2n) is 24.1. The molecule has 15 heteroatoms. The lowest BCUT2D eigenvalue weighted by atomic mass is 9.74. The average Bonchev–Trinajstić information content (AvgIpc) is 3.14. The van der Waals surface area contributed by atoms with Crippen LogP contribution in [-0.2, 0) is 57.1 Å². The van der Waals surface area contributed by atoms with Gasteiger partial charge in [0.25, 0.3) is 5.41 Å². The highest BCUT2D eigenvalue weighted by molar-refractivity contribution is 6.18. The van der Waals surface area contributed by atoms with Crippen LogP contribution in [-0.4, -0.2) is 156 Å². The lowest BCUT2D eigenvalue weighted by Gasteiger charge is -2.54. The first-order valence-corrected chi connectivity index (χ1v) is 23.7. The van der Waals surface area contributed by atoms with Crippen molar-refractivity contribution in [1.29, 1.82) is 0 Å². The summed E-state index contributed by atoms with van der Waals surface area (Å²) in [5, 5.41) is 0. The summed E-state index contributed by atoms with van der Waals surface area (Å²) in [5.74, 6) is -3.57. The molecule has 5 aliphatic rings. The molecule has 1 unspecified atom stereocenters. The van der Waals surface area contributed by atoms with Gasteiger partial charge in [-0.3, -0.25) is 33.9 Å². The van der Waals surface area contributed by atoms with E-state index in [1.807, 2.05) is 13.8 Å². The highest BCUT2D eigenvalue weighted by atomic mass is 16.7. The van der Waals surface area contributed by atoms with Gasteiger partial charge >= 0.3 is 23.9 Å². The van der Waals surface area contributed by atoms with Gasteiger partial charge in [0.2, 0.25) is 0 Å². The molecule has 0 radical (unpaired) electrons. The van der Waals surface area contributed by atoms with E-state index in [9.17, 15) is 4.79 Å². The third-order valence-corrected chi connectivity index (χ3v) is 16.4. The van der Waals surface area contributed by atoms with E-state index in [4.69, 9.17) is 37.9 Å². The second kappa shape index (κ2) is 18.6. The maximum atomic E-state index is 15.2. The molecule has 5 rings (SSSR count). The van der Waals surface area contributed by atoms with Crippen LogP contribution < -0.4 is 0 Å². The SMILES string of the molecule is CN1C(C)(C)CC(OC(=O)C(CCCC(=O)OCCC2OCC3(COCOC3)C(C)(C)O2)(C(=O)OC2CC(C)(C)N(C)C(C)(C)C2)C(=O)OC2CC(C)(C)N(C)C(C)(C)C2)CC1(C)C. The number of esters is 4. The Kier molecular flexibility index (Phi) is 15.3. The molecule has 0 aromatic rings. The molecule has 64 heavy (non-hydrogen) atoms. The first-order chi connectivity index (χ1) is 29.2. The van der Waals surface area contributed by atoms with Crippen LogP contribution in [0.3, 0.4) is 0 Å². The minimum Gasteiger partial charge on any atom is -0.465 e. The molecular weight excluding hydrogens is 823 g/mol. The fourth-order valence-corrected chi connectivity index (χ4v) is 11.3. The largest absolute Gasteiger partial charge is 0.465 e. The van der Waals surface area contributed by atoms with E-state index >= 15 is 14.4 Å². The molecule has 5 saturated heterocycles. The van der Waals surface area contributed by atoms with E-state index in [0.717, 1.165) is 0 Å². The number of hydrogen-bond donors (Lipinski definition) is 0. The van der Waals surface area contributed by atoms with Gasteiger partial charge in [-0.1, -0.05) is 0 Å². The predicted molar refractivity (Wildman–Crippen MR) is 241 cm³/mol. The van der Waals surface area contributed by atoms with Crippen LogP contribution in [0.2, 0.25) is 0 Å². The zero-order valence-corrected chi connectivity index (χ0v) is 42.7. The number of hydrogen-bond acceptors (Lipinski definition) is 15. The number of piperidine rings is 3. The Bertz CT molecular complexity index is 1510. The Hall–Kier alpha value is -2.40. The molecule has 0 aliphatic carbocycles. The molecule has 0 N–H and O–H groups in total. The van der Waals surface area contributed by atoms with Crippen LogP contribution in [0, 0.1) is 10.8 Å². The number of carbonyl (C=O) groups is 4. The molecule has 0 aromatic carbocycles. The summed E-state index contributed by atoms with van der Waals surface area (Å²) >= 11 is 0. The molecular formula is C49H85N3O12. The van der Waals surface area contributed by atoms with Gasteiger partial charge < -0.3 is 37.9 Å². The van der Waals surface area contributed by atoms with Crippen molar-refractivity contribution >= 4 is 23.9 Å². The number of ether oxygens (including phenoxy) is 8. The van der Waals surface area contributed by atoms with Gasteiger partial charge in [0.1, 0.15) is 25.1 Å². The monoisotopic (exact) mass is 908 g/mol. The van der Waals surface area contributed by atoms with Crippen LogP contribution in [0.5, 0.6) is 0 Å².